The number of hydrogen-bond donors (Lipinski definition) is 3. The Morgan fingerprint density at radius 1 is 1.11 bits per heavy atom. The number of benzene rings is 2. The molecule has 0 radical (unpaired) electrons. The van der Waals surface area contributed by atoms with Crippen LogP contribution in [0.2, 0.25) is 0 Å². The fourth-order valence-electron chi connectivity index (χ4n) is 4.26. The molecule has 0 bridgehead atoms. The first-order valence-electron chi connectivity index (χ1n) is 11.7. The Bertz CT molecular complexity index is 1300. The van der Waals surface area contributed by atoms with E-state index >= 15 is 0 Å². The van der Waals surface area contributed by atoms with E-state index in [9.17, 15) is 10.2 Å². The van der Waals surface area contributed by atoms with E-state index in [-0.39, 0.29) is 12.7 Å². The van der Waals surface area contributed by atoms with Crippen LogP contribution in [0.25, 0.3) is 11.1 Å². The molecule has 8 heteroatoms. The molecule has 4 aromatic rings. The molecule has 0 aliphatic heterocycles. The quantitative estimate of drug-likeness (QED) is 0.357. The summed E-state index contributed by atoms with van der Waals surface area (Å²) in [6, 6.07) is 15.6. The zero-order valence-corrected chi connectivity index (χ0v) is 19.4. The molecule has 2 aromatic heterocycles. The van der Waals surface area contributed by atoms with Crippen LogP contribution < -0.4 is 4.74 Å². The average Bonchev–Trinajstić information content (AvgIpc) is 3.55. The van der Waals surface area contributed by atoms with Crippen molar-refractivity contribution in [3.05, 3.63) is 84.2 Å². The van der Waals surface area contributed by atoms with Crippen molar-refractivity contribution >= 4 is 0 Å². The van der Waals surface area contributed by atoms with Crippen LogP contribution in [-0.2, 0) is 0 Å². The fourth-order valence-corrected chi connectivity index (χ4v) is 4.26. The Morgan fingerprint density at radius 3 is 2.46 bits per heavy atom. The molecule has 2 heterocycles. The molecule has 5 rings (SSSR count). The molecule has 8 nitrogen and oxygen atoms in total. The molecule has 2 atom stereocenters. The second-order valence-electron chi connectivity index (χ2n) is 8.74. The second kappa shape index (κ2) is 10.1. The Kier molecular flexibility index (Phi) is 6.62. The highest BCUT2D eigenvalue weighted by Gasteiger charge is 2.33. The number of aromatic nitrogens is 5. The lowest BCUT2D eigenvalue weighted by atomic mass is 9.80. The van der Waals surface area contributed by atoms with Crippen molar-refractivity contribution in [3.63, 3.8) is 0 Å². The molecule has 0 unspecified atom stereocenters. The van der Waals surface area contributed by atoms with Crippen LogP contribution in [0.4, 0.5) is 0 Å². The minimum absolute atomic E-state index is 0.169. The molecule has 1 fully saturated rings. The topological polar surface area (TPSA) is 109 Å². The van der Waals surface area contributed by atoms with Gasteiger partial charge in [0.1, 0.15) is 23.7 Å². The molecule has 178 valence electrons. The number of nitrogens with one attached hydrogen (secondary N) is 1. The summed E-state index contributed by atoms with van der Waals surface area (Å²) in [6.45, 7) is 1.47. The Morgan fingerprint density at radius 2 is 1.83 bits per heavy atom. The summed E-state index contributed by atoms with van der Waals surface area (Å²) in [5.74, 6) is 7.96. The number of imidazole rings is 1. The van der Waals surface area contributed by atoms with Crippen LogP contribution in [0.1, 0.15) is 54.9 Å². The van der Waals surface area contributed by atoms with Crippen LogP contribution in [0, 0.1) is 11.8 Å². The van der Waals surface area contributed by atoms with E-state index in [0.717, 1.165) is 41.0 Å². The largest absolute Gasteiger partial charge is 0.490 e. The van der Waals surface area contributed by atoms with E-state index in [0.29, 0.717) is 11.7 Å². The molecule has 1 aliphatic rings. The summed E-state index contributed by atoms with van der Waals surface area (Å²) in [5.41, 5.74) is 4.03. The number of nitrogens with zero attached hydrogens (tertiary/aromatic N) is 4. The predicted molar refractivity (Wildman–Crippen MR) is 131 cm³/mol. The fraction of sp³-hybridized carbons (Fsp3) is 0.296. The minimum Gasteiger partial charge on any atom is -0.490 e. The second-order valence-corrected chi connectivity index (χ2v) is 8.74. The highest BCUT2D eigenvalue weighted by molar-refractivity contribution is 5.65. The van der Waals surface area contributed by atoms with Crippen molar-refractivity contribution in [2.24, 2.45) is 0 Å². The van der Waals surface area contributed by atoms with Gasteiger partial charge in [-0.15, -0.1) is 0 Å². The van der Waals surface area contributed by atoms with Crippen LogP contribution in [0.3, 0.4) is 0 Å². The molecule has 0 spiro atoms. The summed E-state index contributed by atoms with van der Waals surface area (Å²) in [4.78, 5) is 4.15. The van der Waals surface area contributed by atoms with Gasteiger partial charge in [-0.2, -0.15) is 15.4 Å². The van der Waals surface area contributed by atoms with Gasteiger partial charge >= 0.3 is 0 Å². The normalized spacial score (nSPS) is 18.7. The number of aliphatic hydroxyl groups is 2. The Labute approximate surface area is 203 Å². The lowest BCUT2D eigenvalue weighted by molar-refractivity contribution is 0.0970. The van der Waals surface area contributed by atoms with Crippen molar-refractivity contribution in [2.75, 3.05) is 6.61 Å². The summed E-state index contributed by atoms with van der Waals surface area (Å²) in [5, 5.41) is 30.3. The van der Waals surface area contributed by atoms with Gasteiger partial charge in [0.2, 0.25) is 0 Å². The first kappa shape index (κ1) is 22.8. The Balaban J connectivity index is 1.20. The lowest BCUT2D eigenvalue weighted by Gasteiger charge is -2.34. The molecule has 2 aromatic carbocycles. The maximum Gasteiger partial charge on any atom is 0.138 e. The Hall–Kier alpha value is -3.93. The first-order valence-corrected chi connectivity index (χ1v) is 11.7. The number of hydrogen-bond acceptors (Lipinski definition) is 6. The van der Waals surface area contributed by atoms with Gasteiger partial charge in [-0.3, -0.25) is 0 Å². The third-order valence-corrected chi connectivity index (χ3v) is 6.29. The monoisotopic (exact) mass is 469 g/mol. The van der Waals surface area contributed by atoms with Gasteiger partial charge in [-0.1, -0.05) is 36.1 Å². The van der Waals surface area contributed by atoms with E-state index in [4.69, 9.17) is 4.74 Å². The van der Waals surface area contributed by atoms with Crippen molar-refractivity contribution in [3.8, 4) is 28.7 Å². The molecular weight excluding hydrogens is 442 g/mol. The number of ether oxygens (including phenoxy) is 1. The summed E-state index contributed by atoms with van der Waals surface area (Å²) in [6.07, 6.45) is 6.48. The van der Waals surface area contributed by atoms with Crippen molar-refractivity contribution in [2.45, 2.75) is 43.9 Å². The highest BCUT2D eigenvalue weighted by Crippen LogP contribution is 2.38. The third-order valence-electron chi connectivity index (χ3n) is 6.29. The van der Waals surface area contributed by atoms with Gasteiger partial charge in [0, 0.05) is 23.9 Å². The SMILES string of the molecule is C[C@H](O)c1nccn1[C@@H](C#Cc1ccc(-c2ccc(OC3CC(c4cn[nH]n4)C3)cc2)cc1)CO. The van der Waals surface area contributed by atoms with Crippen LogP contribution in [0.15, 0.2) is 67.1 Å². The number of aliphatic hydroxyl groups excluding tert-OH is 2. The van der Waals surface area contributed by atoms with Gasteiger partial charge in [0.15, 0.2) is 0 Å². The molecular formula is C27H27N5O3. The molecule has 35 heavy (non-hydrogen) atoms. The summed E-state index contributed by atoms with van der Waals surface area (Å²) < 4.78 is 7.79. The van der Waals surface area contributed by atoms with E-state index in [1.807, 2.05) is 36.4 Å². The number of H-pyrrole nitrogens is 1. The van der Waals surface area contributed by atoms with Gasteiger partial charge in [-0.05, 0) is 55.2 Å². The average molecular weight is 470 g/mol. The summed E-state index contributed by atoms with van der Waals surface area (Å²) >= 11 is 0. The zero-order valence-electron chi connectivity index (χ0n) is 19.4. The standard InChI is InChI=1S/C27H27N5O3/c1-18(34)27-28-12-13-32(27)23(17-33)9-4-19-2-5-20(6-3-19)21-7-10-24(11-8-21)35-25-14-22(15-25)26-16-29-31-30-26/h2-3,5-8,10-13,16,18,22-23,25,33-34H,14-15,17H2,1H3,(H,29,30,31)/t18-,22?,23-,25?/m0/s1. The van der Waals surface area contributed by atoms with E-state index in [1.54, 1.807) is 30.1 Å². The lowest BCUT2D eigenvalue weighted by Crippen LogP contribution is -2.32. The molecule has 3 N–H and O–H groups in total. The van der Waals surface area contributed by atoms with Crippen LogP contribution in [-0.4, -0.2) is 47.9 Å². The van der Waals surface area contributed by atoms with E-state index in [1.165, 1.54) is 0 Å². The highest BCUT2D eigenvalue weighted by atomic mass is 16.5. The third kappa shape index (κ3) is 5.11. The molecule has 0 saturated heterocycles. The van der Waals surface area contributed by atoms with Crippen LogP contribution in [0.5, 0.6) is 5.75 Å². The first-order chi connectivity index (χ1) is 17.1. The minimum atomic E-state index is -0.734. The van der Waals surface area contributed by atoms with Gasteiger partial charge in [0.05, 0.1) is 24.6 Å². The smallest absolute Gasteiger partial charge is 0.138 e. The van der Waals surface area contributed by atoms with Gasteiger partial charge < -0.3 is 19.5 Å². The maximum atomic E-state index is 9.86. The van der Waals surface area contributed by atoms with Gasteiger partial charge in [-0.25, -0.2) is 4.98 Å². The van der Waals surface area contributed by atoms with Crippen molar-refractivity contribution in [1.82, 2.24) is 25.0 Å². The van der Waals surface area contributed by atoms with E-state index < -0.39 is 12.1 Å². The molecule has 0 amide bonds. The molecule has 1 aliphatic carbocycles. The van der Waals surface area contributed by atoms with Crippen molar-refractivity contribution < 1.29 is 14.9 Å². The number of rotatable bonds is 7. The van der Waals surface area contributed by atoms with Gasteiger partial charge in [0.25, 0.3) is 0 Å². The predicted octanol–water partition coefficient (Wildman–Crippen LogP) is 3.63. The molecule has 1 saturated carbocycles. The summed E-state index contributed by atoms with van der Waals surface area (Å²) in [7, 11) is 0. The maximum absolute atomic E-state index is 9.86. The van der Waals surface area contributed by atoms with E-state index in [2.05, 4.69) is 44.4 Å². The number of aromatic amines is 1. The zero-order chi connectivity index (χ0) is 24.2. The van der Waals surface area contributed by atoms with Crippen LogP contribution >= 0.6 is 0 Å². The van der Waals surface area contributed by atoms with Crippen molar-refractivity contribution in [1.29, 1.82) is 0 Å².